The quantitative estimate of drug-likeness (QED) is 0.371. The normalized spacial score (nSPS) is 14.2. The first-order valence-electron chi connectivity index (χ1n) is 7.90. The number of benzene rings is 1. The second-order valence-electron chi connectivity index (χ2n) is 6.41. The van der Waals surface area contributed by atoms with Gasteiger partial charge in [0.1, 0.15) is 6.04 Å². The summed E-state index contributed by atoms with van der Waals surface area (Å²) in [7, 11) is 0. The van der Waals surface area contributed by atoms with Crippen molar-refractivity contribution in [2.45, 2.75) is 38.3 Å². The molecule has 2 rings (SSSR count). The molecule has 130 valence electrons. The Kier molecular flexibility index (Phi) is 5.82. The number of aliphatic hydroxyl groups is 1. The van der Waals surface area contributed by atoms with Crippen molar-refractivity contribution < 1.29 is 19.9 Å². The van der Waals surface area contributed by atoms with Gasteiger partial charge in [-0.3, -0.25) is 14.8 Å². The van der Waals surface area contributed by atoms with Crippen molar-refractivity contribution in [3.8, 4) is 23.7 Å². The van der Waals surface area contributed by atoms with E-state index >= 15 is 0 Å². The van der Waals surface area contributed by atoms with Gasteiger partial charge in [0.05, 0.1) is 5.60 Å². The molecule has 6 nitrogen and oxygen atoms in total. The summed E-state index contributed by atoms with van der Waals surface area (Å²) in [6, 6.07) is 5.16. The van der Waals surface area contributed by atoms with E-state index in [-0.39, 0.29) is 0 Å². The molecular weight excluding hydrogens is 320 g/mol. The Morgan fingerprint density at radius 2 is 1.84 bits per heavy atom. The molecule has 0 spiro atoms. The SMILES string of the molecule is CC(C)(O)C(NC(=O)c1ccc(C#CC#CC2CC2)cc1)C(=O)NO. The van der Waals surface area contributed by atoms with Gasteiger partial charge in [-0.15, -0.1) is 0 Å². The van der Waals surface area contributed by atoms with Gasteiger partial charge in [0, 0.05) is 17.0 Å². The fourth-order valence-electron chi connectivity index (χ4n) is 2.02. The van der Waals surface area contributed by atoms with Crippen LogP contribution < -0.4 is 10.8 Å². The van der Waals surface area contributed by atoms with Crippen molar-refractivity contribution in [3.05, 3.63) is 35.4 Å². The average molecular weight is 340 g/mol. The largest absolute Gasteiger partial charge is 0.388 e. The molecule has 0 heterocycles. The van der Waals surface area contributed by atoms with Gasteiger partial charge in [-0.1, -0.05) is 11.8 Å². The smallest absolute Gasteiger partial charge is 0.268 e. The van der Waals surface area contributed by atoms with Crippen LogP contribution in [0.5, 0.6) is 0 Å². The van der Waals surface area contributed by atoms with Crippen LogP contribution in [0.1, 0.15) is 42.6 Å². The Morgan fingerprint density at radius 3 is 2.36 bits per heavy atom. The van der Waals surface area contributed by atoms with Gasteiger partial charge in [0.2, 0.25) is 0 Å². The summed E-state index contributed by atoms with van der Waals surface area (Å²) in [6.45, 7) is 2.71. The highest BCUT2D eigenvalue weighted by Gasteiger charge is 2.34. The van der Waals surface area contributed by atoms with Gasteiger partial charge >= 0.3 is 0 Å². The van der Waals surface area contributed by atoms with Gasteiger partial charge in [-0.25, -0.2) is 5.48 Å². The van der Waals surface area contributed by atoms with Crippen LogP contribution in [0.2, 0.25) is 0 Å². The summed E-state index contributed by atoms with van der Waals surface area (Å²) in [5.74, 6) is 10.6. The number of carbonyl (C=O) groups excluding carboxylic acids is 2. The molecule has 25 heavy (non-hydrogen) atoms. The van der Waals surface area contributed by atoms with Gasteiger partial charge in [-0.05, 0) is 62.8 Å². The number of hydroxylamine groups is 1. The number of amides is 2. The first-order chi connectivity index (χ1) is 11.8. The lowest BCUT2D eigenvalue weighted by atomic mass is 9.97. The van der Waals surface area contributed by atoms with E-state index in [0.29, 0.717) is 17.0 Å². The van der Waals surface area contributed by atoms with E-state index in [2.05, 4.69) is 29.0 Å². The summed E-state index contributed by atoms with van der Waals surface area (Å²) in [4.78, 5) is 23.8. The molecule has 0 aromatic heterocycles. The van der Waals surface area contributed by atoms with Crippen molar-refractivity contribution in [1.82, 2.24) is 10.8 Å². The number of carbonyl (C=O) groups is 2. The molecule has 4 N–H and O–H groups in total. The van der Waals surface area contributed by atoms with E-state index in [4.69, 9.17) is 5.21 Å². The third kappa shape index (κ3) is 5.65. The lowest BCUT2D eigenvalue weighted by Gasteiger charge is -2.28. The zero-order chi connectivity index (χ0) is 18.4. The van der Waals surface area contributed by atoms with Crippen LogP contribution in [0, 0.1) is 29.6 Å². The fourth-order valence-corrected chi connectivity index (χ4v) is 2.02. The summed E-state index contributed by atoms with van der Waals surface area (Å²) in [5.41, 5.74) is 0.903. The van der Waals surface area contributed by atoms with E-state index in [1.807, 2.05) is 0 Å². The predicted octanol–water partition coefficient (Wildman–Crippen LogP) is 0.826. The summed E-state index contributed by atoms with van der Waals surface area (Å²) in [5, 5.41) is 21.1. The Balaban J connectivity index is 2.04. The third-order valence-corrected chi connectivity index (χ3v) is 3.62. The second-order valence-corrected chi connectivity index (χ2v) is 6.41. The molecule has 1 aliphatic rings. The molecule has 1 unspecified atom stereocenters. The Bertz CT molecular complexity index is 766. The number of nitrogens with one attached hydrogen (secondary N) is 2. The van der Waals surface area contributed by atoms with Crippen molar-refractivity contribution in [3.63, 3.8) is 0 Å². The molecule has 1 aromatic carbocycles. The highest BCUT2D eigenvalue weighted by Crippen LogP contribution is 2.27. The number of rotatable bonds is 4. The maximum Gasteiger partial charge on any atom is 0.268 e. The average Bonchev–Trinajstić information content (AvgIpc) is 3.39. The van der Waals surface area contributed by atoms with Gasteiger partial charge in [0.15, 0.2) is 0 Å². The maximum atomic E-state index is 12.2. The molecule has 2 amide bonds. The fraction of sp³-hybridized carbons (Fsp3) is 0.368. The molecule has 6 heteroatoms. The lowest BCUT2D eigenvalue weighted by molar-refractivity contribution is -0.136. The Labute approximate surface area is 146 Å². The highest BCUT2D eigenvalue weighted by atomic mass is 16.5. The molecule has 0 bridgehead atoms. The first kappa shape index (κ1) is 18.5. The molecule has 0 aliphatic heterocycles. The van der Waals surface area contributed by atoms with E-state index in [0.717, 1.165) is 12.8 Å². The molecule has 1 saturated carbocycles. The monoisotopic (exact) mass is 340 g/mol. The van der Waals surface area contributed by atoms with Gasteiger partial charge in [0.25, 0.3) is 11.8 Å². The van der Waals surface area contributed by atoms with Crippen LogP contribution in [0.15, 0.2) is 24.3 Å². The zero-order valence-electron chi connectivity index (χ0n) is 14.1. The van der Waals surface area contributed by atoms with Gasteiger partial charge < -0.3 is 10.4 Å². The van der Waals surface area contributed by atoms with E-state index in [1.54, 1.807) is 24.3 Å². The minimum Gasteiger partial charge on any atom is -0.388 e. The summed E-state index contributed by atoms with van der Waals surface area (Å²) < 4.78 is 0. The van der Waals surface area contributed by atoms with Crippen molar-refractivity contribution in [2.24, 2.45) is 5.92 Å². The van der Waals surface area contributed by atoms with Crippen molar-refractivity contribution in [1.29, 1.82) is 0 Å². The van der Waals surface area contributed by atoms with Crippen LogP contribution in [0.3, 0.4) is 0 Å². The second kappa shape index (κ2) is 7.85. The van der Waals surface area contributed by atoms with Crippen LogP contribution in [0.25, 0.3) is 0 Å². The molecular formula is C19H20N2O4. The number of hydrogen-bond donors (Lipinski definition) is 4. The van der Waals surface area contributed by atoms with Gasteiger partial charge in [-0.2, -0.15) is 0 Å². The Hall–Kier alpha value is -2.80. The van der Waals surface area contributed by atoms with Crippen LogP contribution in [-0.4, -0.2) is 33.8 Å². The topological polar surface area (TPSA) is 98.7 Å². The van der Waals surface area contributed by atoms with Crippen LogP contribution >= 0.6 is 0 Å². The number of hydrogen-bond acceptors (Lipinski definition) is 4. The van der Waals surface area contributed by atoms with Crippen LogP contribution in [0.4, 0.5) is 0 Å². The summed E-state index contributed by atoms with van der Waals surface area (Å²) >= 11 is 0. The van der Waals surface area contributed by atoms with E-state index in [9.17, 15) is 14.7 Å². The molecule has 0 saturated heterocycles. The van der Waals surface area contributed by atoms with Crippen molar-refractivity contribution >= 4 is 11.8 Å². The Morgan fingerprint density at radius 1 is 1.20 bits per heavy atom. The molecule has 1 atom stereocenters. The molecule has 0 radical (unpaired) electrons. The maximum absolute atomic E-state index is 12.2. The summed E-state index contributed by atoms with van der Waals surface area (Å²) in [6.07, 6.45) is 2.30. The minimum atomic E-state index is -1.55. The predicted molar refractivity (Wildman–Crippen MR) is 91.3 cm³/mol. The van der Waals surface area contributed by atoms with Crippen LogP contribution in [-0.2, 0) is 4.79 Å². The molecule has 1 fully saturated rings. The van der Waals surface area contributed by atoms with Crippen molar-refractivity contribution in [2.75, 3.05) is 0 Å². The molecule has 1 aromatic rings. The highest BCUT2D eigenvalue weighted by molar-refractivity contribution is 5.97. The van der Waals surface area contributed by atoms with E-state index < -0.39 is 23.5 Å². The van der Waals surface area contributed by atoms with E-state index in [1.165, 1.54) is 19.3 Å². The lowest BCUT2D eigenvalue weighted by Crippen LogP contribution is -2.57. The molecule has 1 aliphatic carbocycles. The third-order valence-electron chi connectivity index (χ3n) is 3.62. The first-order valence-corrected chi connectivity index (χ1v) is 7.90. The zero-order valence-corrected chi connectivity index (χ0v) is 14.1. The standard InChI is InChI=1S/C19H20N2O4/c1-19(2,24)16(18(23)21-25)20-17(22)15-11-9-14(10-12-15)6-4-3-5-13-7-8-13/h9-13,16,24-25H,7-8H2,1-2H3,(H,20,22)(H,21,23). The minimum absolute atomic E-state index is 0.301.